The second-order valence-electron chi connectivity index (χ2n) is 4.71. The third kappa shape index (κ3) is 5.18. The molecule has 0 aliphatic carbocycles. The van der Waals surface area contributed by atoms with Crippen LogP contribution in [-0.2, 0) is 9.53 Å². The van der Waals surface area contributed by atoms with E-state index in [1.807, 2.05) is 30.3 Å². The van der Waals surface area contributed by atoms with Crippen LogP contribution in [0.5, 0.6) is 17.2 Å². The Morgan fingerprint density at radius 2 is 1.48 bits per heavy atom. The fourth-order valence-corrected chi connectivity index (χ4v) is 1.67. The quantitative estimate of drug-likeness (QED) is 0.757. The molecule has 0 aliphatic rings. The Hall–Kier alpha value is -2.49. The normalized spacial score (nSPS) is 10.2. The third-order valence-corrected chi connectivity index (χ3v) is 2.53. The third-order valence-electron chi connectivity index (χ3n) is 2.53. The molecule has 0 aliphatic heterocycles. The molecule has 0 N–H and O–H groups in total. The second kappa shape index (κ2) is 7.33. The van der Waals surface area contributed by atoms with Gasteiger partial charge in [0, 0.05) is 0 Å². The number of para-hydroxylation sites is 1. The molecule has 0 saturated heterocycles. The molecule has 0 aromatic heterocycles. The van der Waals surface area contributed by atoms with Gasteiger partial charge >= 0.3 is 5.97 Å². The molecule has 0 amide bonds. The summed E-state index contributed by atoms with van der Waals surface area (Å²) in [6.45, 7) is 3.50. The van der Waals surface area contributed by atoms with Gasteiger partial charge in [-0.2, -0.15) is 0 Å². The first-order chi connectivity index (χ1) is 10.1. The van der Waals surface area contributed by atoms with Crippen molar-refractivity contribution in [2.75, 3.05) is 6.61 Å². The van der Waals surface area contributed by atoms with E-state index in [0.717, 1.165) is 5.75 Å². The summed E-state index contributed by atoms with van der Waals surface area (Å²) in [5.74, 6) is 1.69. The molecular formula is C17H18O4. The number of rotatable bonds is 6. The molecule has 0 unspecified atom stereocenters. The molecule has 4 heteroatoms. The maximum atomic E-state index is 11.4. The number of carbonyl (C=O) groups excluding carboxylic acids is 1. The molecule has 21 heavy (non-hydrogen) atoms. The highest BCUT2D eigenvalue weighted by atomic mass is 16.6. The van der Waals surface area contributed by atoms with E-state index in [0.29, 0.717) is 11.5 Å². The Morgan fingerprint density at radius 3 is 2.10 bits per heavy atom. The van der Waals surface area contributed by atoms with Crippen molar-refractivity contribution in [1.29, 1.82) is 0 Å². The minimum absolute atomic E-state index is 0.100. The Labute approximate surface area is 124 Å². The monoisotopic (exact) mass is 286 g/mol. The van der Waals surface area contributed by atoms with E-state index in [-0.39, 0.29) is 18.7 Å². The molecule has 0 bridgehead atoms. The van der Waals surface area contributed by atoms with Crippen LogP contribution < -0.4 is 9.47 Å². The minimum Gasteiger partial charge on any atom is -0.482 e. The average molecular weight is 286 g/mol. The fraction of sp³-hybridized carbons (Fsp3) is 0.235. The van der Waals surface area contributed by atoms with Gasteiger partial charge in [0.25, 0.3) is 0 Å². The molecule has 0 spiro atoms. The van der Waals surface area contributed by atoms with Gasteiger partial charge in [0.1, 0.15) is 17.2 Å². The van der Waals surface area contributed by atoms with Gasteiger partial charge < -0.3 is 14.2 Å². The van der Waals surface area contributed by atoms with E-state index in [1.165, 1.54) is 0 Å². The lowest BCUT2D eigenvalue weighted by molar-refractivity contribution is -0.149. The first-order valence-electron chi connectivity index (χ1n) is 6.79. The van der Waals surface area contributed by atoms with Crippen LogP contribution in [0.15, 0.2) is 54.6 Å². The Morgan fingerprint density at radius 1 is 0.905 bits per heavy atom. The lowest BCUT2D eigenvalue weighted by Gasteiger charge is -2.10. The van der Waals surface area contributed by atoms with Crippen LogP contribution in [0.4, 0.5) is 0 Å². The molecule has 0 saturated carbocycles. The highest BCUT2D eigenvalue weighted by molar-refractivity contribution is 5.71. The topological polar surface area (TPSA) is 44.8 Å². The largest absolute Gasteiger partial charge is 0.482 e. The van der Waals surface area contributed by atoms with Gasteiger partial charge in [0.2, 0.25) is 0 Å². The summed E-state index contributed by atoms with van der Waals surface area (Å²) in [7, 11) is 0. The van der Waals surface area contributed by atoms with Gasteiger partial charge in [-0.3, -0.25) is 0 Å². The van der Waals surface area contributed by atoms with Crippen LogP contribution in [0.25, 0.3) is 0 Å². The molecule has 0 heterocycles. The number of ether oxygens (including phenoxy) is 3. The lowest BCUT2D eigenvalue weighted by atomic mass is 10.3. The SMILES string of the molecule is CC(C)OC(=O)COc1ccc(Oc2ccccc2)cc1. The highest BCUT2D eigenvalue weighted by Crippen LogP contribution is 2.23. The standard InChI is InChI=1S/C17H18O4/c1-13(2)20-17(18)12-19-14-8-10-16(11-9-14)21-15-6-4-3-5-7-15/h3-11,13H,12H2,1-2H3. The molecule has 4 nitrogen and oxygen atoms in total. The number of hydrogen-bond donors (Lipinski definition) is 0. The summed E-state index contributed by atoms with van der Waals surface area (Å²) >= 11 is 0. The summed E-state index contributed by atoms with van der Waals surface area (Å²) < 4.78 is 16.0. The summed E-state index contributed by atoms with van der Waals surface area (Å²) in [4.78, 5) is 11.4. The van der Waals surface area contributed by atoms with Gasteiger partial charge in [-0.05, 0) is 50.2 Å². The van der Waals surface area contributed by atoms with Crippen LogP contribution in [0.3, 0.4) is 0 Å². The molecule has 2 aromatic rings. The van der Waals surface area contributed by atoms with Crippen LogP contribution in [-0.4, -0.2) is 18.7 Å². The van der Waals surface area contributed by atoms with Crippen LogP contribution in [0.2, 0.25) is 0 Å². The van der Waals surface area contributed by atoms with Gasteiger partial charge in [-0.25, -0.2) is 4.79 Å². The number of hydrogen-bond acceptors (Lipinski definition) is 4. The maximum Gasteiger partial charge on any atom is 0.344 e. The van der Waals surface area contributed by atoms with Crippen molar-refractivity contribution in [3.8, 4) is 17.2 Å². The summed E-state index contributed by atoms with van der Waals surface area (Å²) in [6, 6.07) is 16.6. The first kappa shape index (κ1) is 14.9. The van der Waals surface area contributed by atoms with Gasteiger partial charge in [-0.1, -0.05) is 18.2 Å². The molecule has 2 rings (SSSR count). The molecule has 0 fully saturated rings. The zero-order valence-electron chi connectivity index (χ0n) is 12.1. The van der Waals surface area contributed by atoms with Gasteiger partial charge in [0.15, 0.2) is 6.61 Å². The van der Waals surface area contributed by atoms with Crippen molar-refractivity contribution < 1.29 is 19.0 Å². The Bertz CT molecular complexity index is 561. The highest BCUT2D eigenvalue weighted by Gasteiger charge is 2.06. The Balaban J connectivity index is 1.86. The van der Waals surface area contributed by atoms with E-state index >= 15 is 0 Å². The molecule has 0 radical (unpaired) electrons. The number of benzene rings is 2. The van der Waals surface area contributed by atoms with E-state index in [1.54, 1.807) is 38.1 Å². The van der Waals surface area contributed by atoms with Crippen molar-refractivity contribution in [2.45, 2.75) is 20.0 Å². The predicted molar refractivity (Wildman–Crippen MR) is 79.7 cm³/mol. The van der Waals surface area contributed by atoms with Gasteiger partial charge in [-0.15, -0.1) is 0 Å². The van der Waals surface area contributed by atoms with Crippen LogP contribution in [0, 0.1) is 0 Å². The summed E-state index contributed by atoms with van der Waals surface area (Å²) in [5.41, 5.74) is 0. The number of carbonyl (C=O) groups is 1. The van der Waals surface area contributed by atoms with E-state index in [4.69, 9.17) is 14.2 Å². The van der Waals surface area contributed by atoms with Crippen LogP contribution >= 0.6 is 0 Å². The smallest absolute Gasteiger partial charge is 0.344 e. The number of esters is 1. The molecule has 110 valence electrons. The van der Waals surface area contributed by atoms with Crippen molar-refractivity contribution in [3.05, 3.63) is 54.6 Å². The zero-order chi connectivity index (χ0) is 15.1. The van der Waals surface area contributed by atoms with Crippen molar-refractivity contribution >= 4 is 5.97 Å². The maximum absolute atomic E-state index is 11.4. The second-order valence-corrected chi connectivity index (χ2v) is 4.71. The summed E-state index contributed by atoms with van der Waals surface area (Å²) in [6.07, 6.45) is -0.136. The minimum atomic E-state index is -0.380. The lowest BCUT2D eigenvalue weighted by Crippen LogP contribution is -2.18. The molecule has 0 atom stereocenters. The predicted octanol–water partition coefficient (Wildman–Crippen LogP) is 3.81. The zero-order valence-corrected chi connectivity index (χ0v) is 12.1. The molecular weight excluding hydrogens is 268 g/mol. The first-order valence-corrected chi connectivity index (χ1v) is 6.79. The van der Waals surface area contributed by atoms with Crippen molar-refractivity contribution in [2.24, 2.45) is 0 Å². The molecule has 2 aromatic carbocycles. The van der Waals surface area contributed by atoms with E-state index in [9.17, 15) is 4.79 Å². The summed E-state index contributed by atoms with van der Waals surface area (Å²) in [5, 5.41) is 0. The van der Waals surface area contributed by atoms with Crippen molar-refractivity contribution in [3.63, 3.8) is 0 Å². The fourth-order valence-electron chi connectivity index (χ4n) is 1.67. The van der Waals surface area contributed by atoms with Crippen LogP contribution in [0.1, 0.15) is 13.8 Å². The average Bonchev–Trinajstić information content (AvgIpc) is 2.47. The Kier molecular flexibility index (Phi) is 5.21. The van der Waals surface area contributed by atoms with Gasteiger partial charge in [0.05, 0.1) is 6.10 Å². The van der Waals surface area contributed by atoms with E-state index in [2.05, 4.69) is 0 Å². The van der Waals surface area contributed by atoms with E-state index < -0.39 is 0 Å². The van der Waals surface area contributed by atoms with Crippen molar-refractivity contribution in [1.82, 2.24) is 0 Å².